The summed E-state index contributed by atoms with van der Waals surface area (Å²) in [7, 11) is 0. The maximum absolute atomic E-state index is 2.12. The summed E-state index contributed by atoms with van der Waals surface area (Å²) in [6, 6.07) is 40.7. The summed E-state index contributed by atoms with van der Waals surface area (Å²) in [5, 5.41) is 2.62. The summed E-state index contributed by atoms with van der Waals surface area (Å²) in [5.41, 5.74) is 0. The lowest BCUT2D eigenvalue weighted by molar-refractivity contribution is 1.50. The van der Waals surface area contributed by atoms with E-state index in [9.17, 15) is 0 Å². The van der Waals surface area contributed by atoms with Gasteiger partial charge in [0.1, 0.15) is 0 Å². The van der Waals surface area contributed by atoms with Crippen molar-refractivity contribution in [1.29, 1.82) is 0 Å². The summed E-state index contributed by atoms with van der Waals surface area (Å²) in [6.07, 6.45) is 0. The third-order valence-electron chi connectivity index (χ3n) is 2.99. The second-order valence-corrected chi connectivity index (χ2v) is 4.66. The molecule has 0 atom stereocenters. The highest BCUT2D eigenvalue weighted by molar-refractivity contribution is 5.81. The van der Waals surface area contributed by atoms with Crippen LogP contribution in [0.2, 0.25) is 0 Å². The van der Waals surface area contributed by atoms with Gasteiger partial charge in [0.2, 0.25) is 0 Å². The summed E-state index contributed by atoms with van der Waals surface area (Å²) in [6.45, 7) is 20.0. The van der Waals surface area contributed by atoms with Crippen molar-refractivity contribution in [2.75, 3.05) is 0 Å². The molecule has 0 aromatic heterocycles. The van der Waals surface area contributed by atoms with Crippen molar-refractivity contribution >= 4 is 10.8 Å². The lowest BCUT2D eigenvalue weighted by atomic mass is 10.1. The average Bonchev–Trinajstić information content (AvgIpc) is 2.97. The van der Waals surface area contributed by atoms with E-state index in [4.69, 9.17) is 0 Å². The highest BCUT2D eigenvalue weighted by atomic mass is 13.9. The van der Waals surface area contributed by atoms with Crippen LogP contribution in [0.3, 0.4) is 0 Å². The topological polar surface area (TPSA) is 0 Å². The Bertz CT molecular complexity index is 580. The molecule has 0 N–H and O–H groups in total. The molecular weight excluding hydrogens is 384 g/mol. The molecule has 4 aromatic carbocycles. The fraction of sp³-hybridized carbons (Fsp3) is 0.312. The van der Waals surface area contributed by atoms with Gasteiger partial charge >= 0.3 is 0 Å². The third kappa shape index (κ3) is 25.2. The van der Waals surface area contributed by atoms with Crippen LogP contribution < -0.4 is 0 Å². The van der Waals surface area contributed by atoms with Crippen molar-refractivity contribution in [3.8, 4) is 0 Å². The molecule has 0 unspecified atom stereocenters. The first-order valence-corrected chi connectivity index (χ1v) is 12.4. The van der Waals surface area contributed by atoms with Gasteiger partial charge in [-0.2, -0.15) is 0 Å². The van der Waals surface area contributed by atoms with E-state index in [0.29, 0.717) is 0 Å². The van der Waals surface area contributed by atoms with Crippen LogP contribution in [0.5, 0.6) is 0 Å². The van der Waals surface area contributed by atoms with Crippen LogP contribution in [0.25, 0.3) is 10.8 Å². The molecule has 0 nitrogen and oxygen atoms in total. The molecule has 0 aliphatic heterocycles. The number of rotatable bonds is 0. The highest BCUT2D eigenvalue weighted by Crippen LogP contribution is 2.11. The molecule has 0 radical (unpaired) electrons. The number of hydrogen-bond donors (Lipinski definition) is 0. The summed E-state index contributed by atoms with van der Waals surface area (Å²) in [5.74, 6) is 0. The monoisotopic (exact) mass is 434 g/mol. The molecule has 0 aliphatic carbocycles. The Morgan fingerprint density at radius 3 is 0.469 bits per heavy atom. The zero-order valence-corrected chi connectivity index (χ0v) is 22.5. The van der Waals surface area contributed by atoms with Gasteiger partial charge in [0.15, 0.2) is 0 Å². The SMILES string of the molecule is CC.CC.CC.CC.CC.c1ccc2ccccc2c1.c1ccccc1.c1ccccc1. The lowest BCUT2D eigenvalue weighted by Gasteiger charge is -1.92. The molecule has 0 saturated carbocycles. The summed E-state index contributed by atoms with van der Waals surface area (Å²) < 4.78 is 0. The average molecular weight is 435 g/mol. The maximum Gasteiger partial charge on any atom is -0.0184 e. The molecule has 4 aromatic rings. The van der Waals surface area contributed by atoms with Gasteiger partial charge in [-0.25, -0.2) is 0 Å². The third-order valence-corrected chi connectivity index (χ3v) is 2.99. The Labute approximate surface area is 201 Å². The van der Waals surface area contributed by atoms with Crippen molar-refractivity contribution in [2.24, 2.45) is 0 Å². The van der Waals surface area contributed by atoms with E-state index < -0.39 is 0 Å². The van der Waals surface area contributed by atoms with E-state index in [0.717, 1.165) is 0 Å². The van der Waals surface area contributed by atoms with E-state index >= 15 is 0 Å². The maximum atomic E-state index is 2.12. The minimum Gasteiger partial charge on any atom is -0.0683 e. The first-order chi connectivity index (χ1) is 16.0. The predicted molar refractivity (Wildman–Crippen MR) is 154 cm³/mol. The molecule has 0 fully saturated rings. The van der Waals surface area contributed by atoms with Gasteiger partial charge in [0, 0.05) is 0 Å². The fourth-order valence-electron chi connectivity index (χ4n) is 1.90. The van der Waals surface area contributed by atoms with Crippen molar-refractivity contribution < 1.29 is 0 Å². The van der Waals surface area contributed by atoms with Crippen molar-refractivity contribution in [2.45, 2.75) is 69.2 Å². The van der Waals surface area contributed by atoms with Gasteiger partial charge in [0.05, 0.1) is 0 Å². The molecule has 0 heterocycles. The first kappa shape index (κ1) is 36.5. The van der Waals surface area contributed by atoms with Crippen LogP contribution in [0, 0.1) is 0 Å². The Balaban J connectivity index is -0.000000158. The van der Waals surface area contributed by atoms with Gasteiger partial charge in [-0.3, -0.25) is 0 Å². The lowest BCUT2D eigenvalue weighted by Crippen LogP contribution is -1.67. The minimum atomic E-state index is 1.31. The molecule has 0 aliphatic rings. The van der Waals surface area contributed by atoms with Gasteiger partial charge in [0.25, 0.3) is 0 Å². The van der Waals surface area contributed by atoms with Crippen molar-refractivity contribution in [1.82, 2.24) is 0 Å². The van der Waals surface area contributed by atoms with Gasteiger partial charge in [-0.05, 0) is 10.8 Å². The Morgan fingerprint density at radius 1 is 0.219 bits per heavy atom. The minimum absolute atomic E-state index is 1.31. The smallest absolute Gasteiger partial charge is 0.0184 e. The molecule has 32 heavy (non-hydrogen) atoms. The molecule has 0 spiro atoms. The van der Waals surface area contributed by atoms with E-state index in [1.807, 2.05) is 142 Å². The largest absolute Gasteiger partial charge is 0.0683 e. The quantitative estimate of drug-likeness (QED) is 0.258. The van der Waals surface area contributed by atoms with Crippen LogP contribution in [0.1, 0.15) is 69.2 Å². The summed E-state index contributed by atoms with van der Waals surface area (Å²) in [4.78, 5) is 0. The Kier molecular flexibility index (Phi) is 44.2. The normalized spacial score (nSPS) is 7.06. The number of benzene rings is 4. The predicted octanol–water partition coefficient (Wildman–Crippen LogP) is 11.3. The molecule has 0 heteroatoms. The Hall–Kier alpha value is -2.86. The van der Waals surface area contributed by atoms with Gasteiger partial charge in [-0.1, -0.05) is 191 Å². The van der Waals surface area contributed by atoms with Gasteiger partial charge in [-0.15, -0.1) is 0 Å². The zero-order chi connectivity index (χ0) is 25.3. The molecular formula is C32H50. The highest BCUT2D eigenvalue weighted by Gasteiger charge is 1.85. The second kappa shape index (κ2) is 38.7. The van der Waals surface area contributed by atoms with Gasteiger partial charge < -0.3 is 0 Å². The van der Waals surface area contributed by atoms with Crippen LogP contribution >= 0.6 is 0 Å². The van der Waals surface area contributed by atoms with E-state index in [1.54, 1.807) is 0 Å². The van der Waals surface area contributed by atoms with Crippen molar-refractivity contribution in [3.05, 3.63) is 121 Å². The molecule has 178 valence electrons. The standard InChI is InChI=1S/C10H8.2C6H6.5C2H6/c1-2-6-10-8-4-3-7-9(10)5-1;2*1-2-4-6-5-3-1;5*1-2/h1-8H;2*1-6H;5*1-2H3. The molecule has 0 bridgehead atoms. The van der Waals surface area contributed by atoms with Crippen LogP contribution in [-0.2, 0) is 0 Å². The zero-order valence-electron chi connectivity index (χ0n) is 22.5. The van der Waals surface area contributed by atoms with Crippen LogP contribution in [-0.4, -0.2) is 0 Å². The number of fused-ring (bicyclic) bond motifs is 1. The van der Waals surface area contributed by atoms with E-state index in [2.05, 4.69) is 48.5 Å². The van der Waals surface area contributed by atoms with E-state index in [1.165, 1.54) is 10.8 Å². The first-order valence-electron chi connectivity index (χ1n) is 12.4. The Morgan fingerprint density at radius 2 is 0.344 bits per heavy atom. The molecule has 4 rings (SSSR count). The second-order valence-electron chi connectivity index (χ2n) is 4.66. The molecule has 0 amide bonds. The summed E-state index contributed by atoms with van der Waals surface area (Å²) >= 11 is 0. The van der Waals surface area contributed by atoms with Crippen LogP contribution in [0.4, 0.5) is 0 Å². The molecule has 0 saturated heterocycles. The van der Waals surface area contributed by atoms with E-state index in [-0.39, 0.29) is 0 Å². The van der Waals surface area contributed by atoms with Crippen molar-refractivity contribution in [3.63, 3.8) is 0 Å². The fourth-order valence-corrected chi connectivity index (χ4v) is 1.90. The van der Waals surface area contributed by atoms with Crippen LogP contribution in [0.15, 0.2) is 121 Å². The number of hydrogen-bond acceptors (Lipinski definition) is 0.